The number of pyridine rings is 1. The Balaban J connectivity index is 1.93. The molecule has 1 aromatic carbocycles. The average Bonchev–Trinajstić information content (AvgIpc) is 2.48. The molecule has 0 aliphatic rings. The summed E-state index contributed by atoms with van der Waals surface area (Å²) >= 11 is 3.43. The third-order valence-corrected chi connectivity index (χ3v) is 3.57. The van der Waals surface area contributed by atoms with E-state index >= 15 is 0 Å². The Kier molecular flexibility index (Phi) is 5.27. The van der Waals surface area contributed by atoms with Crippen LogP contribution in [0.15, 0.2) is 45.8 Å². The van der Waals surface area contributed by atoms with Gasteiger partial charge in [-0.2, -0.15) is 0 Å². The minimum Gasteiger partial charge on any atom is -0.493 e. The van der Waals surface area contributed by atoms with Crippen molar-refractivity contribution in [2.24, 2.45) is 0 Å². The van der Waals surface area contributed by atoms with Gasteiger partial charge in [0.1, 0.15) is 0 Å². The zero-order chi connectivity index (χ0) is 15.2. The first-order valence-electron chi connectivity index (χ1n) is 6.53. The second-order valence-electron chi connectivity index (χ2n) is 4.47. The van der Waals surface area contributed by atoms with Crippen molar-refractivity contribution in [1.29, 1.82) is 0 Å². The second-order valence-corrected chi connectivity index (χ2v) is 5.32. The molecule has 0 saturated carbocycles. The van der Waals surface area contributed by atoms with Gasteiger partial charge in [0.15, 0.2) is 11.5 Å². The quantitative estimate of drug-likeness (QED) is 0.811. The van der Waals surface area contributed by atoms with Crippen LogP contribution in [-0.2, 0) is 6.54 Å². The van der Waals surface area contributed by atoms with E-state index in [1.165, 1.54) is 6.07 Å². The third kappa shape index (κ3) is 4.01. The number of aromatic nitrogens is 1. The lowest BCUT2D eigenvalue weighted by atomic mass is 10.3. The molecule has 0 saturated heterocycles. The Morgan fingerprint density at radius 1 is 1.29 bits per heavy atom. The van der Waals surface area contributed by atoms with E-state index in [2.05, 4.69) is 15.9 Å². The van der Waals surface area contributed by atoms with Gasteiger partial charge in [-0.05, 0) is 40.5 Å². The van der Waals surface area contributed by atoms with Crippen LogP contribution in [-0.4, -0.2) is 18.3 Å². The topological polar surface area (TPSA) is 66.5 Å². The smallest absolute Gasteiger partial charge is 0.250 e. The van der Waals surface area contributed by atoms with Gasteiger partial charge in [0.05, 0.1) is 18.2 Å². The molecule has 0 bridgehead atoms. The van der Waals surface area contributed by atoms with Gasteiger partial charge < -0.3 is 19.8 Å². The lowest BCUT2D eigenvalue weighted by molar-refractivity contribution is 0.280. The zero-order valence-electron chi connectivity index (χ0n) is 11.7. The molecule has 2 aromatic rings. The van der Waals surface area contributed by atoms with Crippen LogP contribution >= 0.6 is 15.9 Å². The molecule has 0 spiro atoms. The molecule has 21 heavy (non-hydrogen) atoms. The summed E-state index contributed by atoms with van der Waals surface area (Å²) < 4.78 is 13.4. The number of hydrogen-bond acceptors (Lipinski definition) is 4. The number of anilines is 1. The Hall–Kier alpha value is -1.95. The molecule has 1 aromatic heterocycles. The molecule has 0 fully saturated rings. The second kappa shape index (κ2) is 7.17. The molecule has 5 nitrogen and oxygen atoms in total. The van der Waals surface area contributed by atoms with E-state index in [0.717, 1.165) is 4.47 Å². The van der Waals surface area contributed by atoms with Crippen molar-refractivity contribution in [2.45, 2.75) is 13.0 Å². The van der Waals surface area contributed by atoms with Crippen LogP contribution in [0.2, 0.25) is 0 Å². The van der Waals surface area contributed by atoms with E-state index in [1.807, 2.05) is 18.2 Å². The van der Waals surface area contributed by atoms with Crippen molar-refractivity contribution in [2.75, 3.05) is 19.5 Å². The number of benzene rings is 1. The van der Waals surface area contributed by atoms with Crippen molar-refractivity contribution in [3.63, 3.8) is 0 Å². The predicted molar refractivity (Wildman–Crippen MR) is 85.9 cm³/mol. The molecule has 0 aliphatic carbocycles. The van der Waals surface area contributed by atoms with E-state index in [0.29, 0.717) is 36.8 Å². The number of hydrogen-bond donors (Lipinski definition) is 1. The summed E-state index contributed by atoms with van der Waals surface area (Å²) in [5.41, 5.74) is 6.17. The summed E-state index contributed by atoms with van der Waals surface area (Å²) in [5, 5.41) is 0. The number of nitrogen functional groups attached to an aromatic ring is 1. The van der Waals surface area contributed by atoms with Gasteiger partial charge in [-0.25, -0.2) is 0 Å². The summed E-state index contributed by atoms with van der Waals surface area (Å²) in [7, 11) is 1.60. The maximum atomic E-state index is 11.6. The minimum atomic E-state index is -0.0670. The van der Waals surface area contributed by atoms with Crippen molar-refractivity contribution < 1.29 is 9.47 Å². The molecule has 0 aliphatic heterocycles. The number of para-hydroxylation sites is 1. The van der Waals surface area contributed by atoms with Crippen molar-refractivity contribution >= 4 is 21.6 Å². The highest BCUT2D eigenvalue weighted by molar-refractivity contribution is 9.10. The van der Waals surface area contributed by atoms with Gasteiger partial charge in [-0.3, -0.25) is 4.79 Å². The zero-order valence-corrected chi connectivity index (χ0v) is 13.3. The van der Waals surface area contributed by atoms with Crippen molar-refractivity contribution in [3.05, 3.63) is 51.4 Å². The first-order valence-corrected chi connectivity index (χ1v) is 7.32. The number of nitrogens with zero attached hydrogens (tertiary/aromatic N) is 1. The number of rotatable bonds is 6. The summed E-state index contributed by atoms with van der Waals surface area (Å²) in [5.74, 6) is 1.34. The fourth-order valence-electron chi connectivity index (χ4n) is 1.92. The largest absolute Gasteiger partial charge is 0.493 e. The Morgan fingerprint density at radius 2 is 2.10 bits per heavy atom. The van der Waals surface area contributed by atoms with E-state index in [9.17, 15) is 4.79 Å². The molecule has 0 radical (unpaired) electrons. The molecule has 112 valence electrons. The Labute approximate surface area is 131 Å². The van der Waals surface area contributed by atoms with Gasteiger partial charge in [0, 0.05) is 24.5 Å². The highest BCUT2D eigenvalue weighted by Gasteiger charge is 2.08. The van der Waals surface area contributed by atoms with Gasteiger partial charge in [0.2, 0.25) is 0 Å². The maximum Gasteiger partial charge on any atom is 0.250 e. The molecular weight excluding hydrogens is 336 g/mol. The van der Waals surface area contributed by atoms with Crippen LogP contribution in [0.3, 0.4) is 0 Å². The van der Waals surface area contributed by atoms with Gasteiger partial charge in [-0.15, -0.1) is 0 Å². The highest BCUT2D eigenvalue weighted by atomic mass is 79.9. The third-order valence-electron chi connectivity index (χ3n) is 2.95. The average molecular weight is 353 g/mol. The lowest BCUT2D eigenvalue weighted by Crippen LogP contribution is -2.20. The number of methoxy groups -OCH3 is 1. The molecule has 0 atom stereocenters. The number of halogens is 1. The summed E-state index contributed by atoms with van der Waals surface area (Å²) in [6.45, 7) is 1.02. The van der Waals surface area contributed by atoms with Gasteiger partial charge in [-0.1, -0.05) is 6.07 Å². The fraction of sp³-hybridized carbons (Fsp3) is 0.267. The van der Waals surface area contributed by atoms with E-state index in [4.69, 9.17) is 15.2 Å². The van der Waals surface area contributed by atoms with Crippen LogP contribution in [0.4, 0.5) is 5.69 Å². The normalized spacial score (nSPS) is 10.4. The van der Waals surface area contributed by atoms with E-state index in [-0.39, 0.29) is 5.56 Å². The van der Waals surface area contributed by atoms with Crippen LogP contribution in [0, 0.1) is 0 Å². The molecule has 0 amide bonds. The molecule has 6 heteroatoms. The molecule has 2 rings (SSSR count). The molecule has 0 unspecified atom stereocenters. The molecular formula is C15H17BrN2O3. The first kappa shape index (κ1) is 15.4. The summed E-state index contributed by atoms with van der Waals surface area (Å²) in [6, 6.07) is 8.67. The van der Waals surface area contributed by atoms with E-state index in [1.54, 1.807) is 23.9 Å². The number of nitrogens with two attached hydrogens (primary N) is 1. The first-order chi connectivity index (χ1) is 10.1. The van der Waals surface area contributed by atoms with Gasteiger partial charge in [0.25, 0.3) is 5.56 Å². The van der Waals surface area contributed by atoms with Crippen LogP contribution < -0.4 is 20.8 Å². The Bertz CT molecular complexity index is 670. The van der Waals surface area contributed by atoms with Crippen molar-refractivity contribution in [3.8, 4) is 11.5 Å². The number of ether oxygens (including phenoxy) is 2. The number of aryl methyl sites for hydroxylation is 1. The van der Waals surface area contributed by atoms with Crippen molar-refractivity contribution in [1.82, 2.24) is 4.57 Å². The molecule has 1 heterocycles. The van der Waals surface area contributed by atoms with Crippen LogP contribution in [0.5, 0.6) is 11.5 Å². The van der Waals surface area contributed by atoms with E-state index < -0.39 is 0 Å². The van der Waals surface area contributed by atoms with Gasteiger partial charge >= 0.3 is 0 Å². The monoisotopic (exact) mass is 352 g/mol. The predicted octanol–water partition coefficient (Wildman–Crippen LogP) is 2.67. The Morgan fingerprint density at radius 3 is 2.86 bits per heavy atom. The maximum absolute atomic E-state index is 11.6. The standard InChI is InChI=1S/C15H17BrN2O3/c1-20-13-5-2-4-12(16)15(13)21-9-3-8-18-10-11(17)6-7-14(18)19/h2,4-7,10H,3,8-9,17H2,1H3. The minimum absolute atomic E-state index is 0.0670. The summed E-state index contributed by atoms with van der Waals surface area (Å²) in [6.07, 6.45) is 2.33. The highest BCUT2D eigenvalue weighted by Crippen LogP contribution is 2.34. The summed E-state index contributed by atoms with van der Waals surface area (Å²) in [4.78, 5) is 11.6. The van der Waals surface area contributed by atoms with Crippen LogP contribution in [0.1, 0.15) is 6.42 Å². The fourth-order valence-corrected chi connectivity index (χ4v) is 2.39. The van der Waals surface area contributed by atoms with Crippen LogP contribution in [0.25, 0.3) is 0 Å². The SMILES string of the molecule is COc1cccc(Br)c1OCCCn1cc(N)ccc1=O. The lowest BCUT2D eigenvalue weighted by Gasteiger charge is -2.12. The molecule has 2 N–H and O–H groups in total.